The predicted molar refractivity (Wildman–Crippen MR) is 76.8 cm³/mol. The number of para-hydroxylation sites is 1. The fourth-order valence-electron chi connectivity index (χ4n) is 1.67. The predicted octanol–water partition coefficient (Wildman–Crippen LogP) is 3.28. The number of tetrazole rings is 1. The molecule has 4 heteroatoms. The minimum atomic E-state index is 0.536. The van der Waals surface area contributed by atoms with Gasteiger partial charge < -0.3 is 0 Å². The lowest BCUT2D eigenvalue weighted by atomic mass is 10.2. The van der Waals surface area contributed by atoms with Gasteiger partial charge in [-0.05, 0) is 41.0 Å². The Morgan fingerprint density at radius 2 is 1.95 bits per heavy atom. The molecule has 0 amide bonds. The van der Waals surface area contributed by atoms with E-state index in [1.807, 2.05) is 49.4 Å². The Hall–Kier alpha value is -2.23. The minimum absolute atomic E-state index is 0.536. The summed E-state index contributed by atoms with van der Waals surface area (Å²) in [6, 6.07) is 9.88. The topological polar surface area (TPSA) is 43.6 Å². The first-order chi connectivity index (χ1) is 9.18. The quantitative estimate of drug-likeness (QED) is 0.786. The highest BCUT2D eigenvalue weighted by Crippen LogP contribution is 2.14. The fourth-order valence-corrected chi connectivity index (χ4v) is 1.67. The molecule has 0 atom stereocenters. The molecule has 0 bridgehead atoms. The van der Waals surface area contributed by atoms with E-state index < -0.39 is 0 Å². The van der Waals surface area contributed by atoms with Crippen LogP contribution in [0.3, 0.4) is 0 Å². The van der Waals surface area contributed by atoms with E-state index in [0.717, 1.165) is 17.1 Å². The molecule has 2 rings (SSSR count). The van der Waals surface area contributed by atoms with Crippen molar-refractivity contribution in [2.75, 3.05) is 0 Å². The summed E-state index contributed by atoms with van der Waals surface area (Å²) >= 11 is 0. The summed E-state index contributed by atoms with van der Waals surface area (Å²) in [5.74, 6) is 1.30. The summed E-state index contributed by atoms with van der Waals surface area (Å²) in [5, 5.41) is 11.9. The lowest BCUT2D eigenvalue weighted by Crippen LogP contribution is -2.01. The van der Waals surface area contributed by atoms with E-state index in [1.165, 1.54) is 0 Å². The summed E-state index contributed by atoms with van der Waals surface area (Å²) in [6.07, 6.45) is 6.22. The molecule has 4 nitrogen and oxygen atoms in total. The molecule has 1 heterocycles. The van der Waals surface area contributed by atoms with E-state index >= 15 is 0 Å². The molecule has 0 N–H and O–H groups in total. The largest absolute Gasteiger partial charge is 0.193 e. The second-order valence-electron chi connectivity index (χ2n) is 4.73. The maximum absolute atomic E-state index is 4.09. The molecule has 2 aromatic rings. The number of nitrogens with zero attached hydrogens (tertiary/aromatic N) is 4. The lowest BCUT2D eigenvalue weighted by molar-refractivity contribution is 0.785. The zero-order chi connectivity index (χ0) is 13.7. The van der Waals surface area contributed by atoms with Crippen LogP contribution in [0.5, 0.6) is 0 Å². The van der Waals surface area contributed by atoms with Gasteiger partial charge in [0, 0.05) is 0 Å². The van der Waals surface area contributed by atoms with Crippen molar-refractivity contribution in [2.45, 2.75) is 20.8 Å². The Labute approximate surface area is 113 Å². The van der Waals surface area contributed by atoms with Crippen LogP contribution < -0.4 is 0 Å². The van der Waals surface area contributed by atoms with Crippen molar-refractivity contribution in [3.05, 3.63) is 54.4 Å². The van der Waals surface area contributed by atoms with Crippen LogP contribution in [0.2, 0.25) is 0 Å². The Morgan fingerprint density at radius 3 is 2.63 bits per heavy atom. The average molecular weight is 254 g/mol. The monoisotopic (exact) mass is 254 g/mol. The highest BCUT2D eigenvalue weighted by molar-refractivity contribution is 5.60. The number of rotatable bonds is 4. The van der Waals surface area contributed by atoms with Crippen molar-refractivity contribution in [2.24, 2.45) is 5.92 Å². The smallest absolute Gasteiger partial charge is 0.182 e. The van der Waals surface area contributed by atoms with Crippen molar-refractivity contribution in [3.63, 3.8) is 0 Å². The van der Waals surface area contributed by atoms with Gasteiger partial charge in [0.2, 0.25) is 0 Å². The maximum Gasteiger partial charge on any atom is 0.182 e. The summed E-state index contributed by atoms with van der Waals surface area (Å²) in [4.78, 5) is 0. The molecular formula is C15H18N4. The molecular weight excluding hydrogens is 236 g/mol. The molecule has 0 radical (unpaired) electrons. The highest BCUT2D eigenvalue weighted by Gasteiger charge is 2.08. The van der Waals surface area contributed by atoms with E-state index in [-0.39, 0.29) is 0 Å². The minimum Gasteiger partial charge on any atom is -0.193 e. The van der Waals surface area contributed by atoms with E-state index in [4.69, 9.17) is 0 Å². The number of hydrogen-bond acceptors (Lipinski definition) is 3. The number of hydrogen-bond donors (Lipinski definition) is 0. The van der Waals surface area contributed by atoms with Gasteiger partial charge in [0.25, 0.3) is 0 Å². The molecule has 1 aromatic heterocycles. The lowest BCUT2D eigenvalue weighted by Gasteiger charge is -2.03. The molecule has 0 aliphatic carbocycles. The maximum atomic E-state index is 4.09. The van der Waals surface area contributed by atoms with Crippen LogP contribution in [0.4, 0.5) is 0 Å². The summed E-state index contributed by atoms with van der Waals surface area (Å²) in [5.41, 5.74) is 1.99. The summed E-state index contributed by atoms with van der Waals surface area (Å²) in [7, 11) is 0. The van der Waals surface area contributed by atoms with Gasteiger partial charge in [-0.1, -0.05) is 50.3 Å². The van der Waals surface area contributed by atoms with Gasteiger partial charge >= 0.3 is 0 Å². The standard InChI is InChI=1S/C15H18N4/c1-12(2)8-7-9-13(3)15-16-17-18-19(15)14-10-5-4-6-11-14/h4-12H,1-3H3/b8-7+,13-9-. The molecule has 19 heavy (non-hydrogen) atoms. The van der Waals surface area contributed by atoms with Crippen molar-refractivity contribution in [1.29, 1.82) is 0 Å². The van der Waals surface area contributed by atoms with Gasteiger partial charge in [-0.15, -0.1) is 5.10 Å². The first-order valence-electron chi connectivity index (χ1n) is 6.37. The average Bonchev–Trinajstić information content (AvgIpc) is 2.88. The second kappa shape index (κ2) is 6.09. The van der Waals surface area contributed by atoms with Crippen LogP contribution in [-0.4, -0.2) is 20.2 Å². The molecule has 1 aromatic carbocycles. The van der Waals surface area contributed by atoms with Crippen LogP contribution in [0.15, 0.2) is 48.6 Å². The Bertz CT molecular complexity index is 579. The molecule has 0 fully saturated rings. The Kier molecular flexibility index (Phi) is 4.23. The molecule has 0 unspecified atom stereocenters. The third kappa shape index (κ3) is 3.37. The van der Waals surface area contributed by atoms with Gasteiger partial charge in [0.1, 0.15) is 0 Å². The van der Waals surface area contributed by atoms with Crippen molar-refractivity contribution >= 4 is 5.57 Å². The SMILES string of the molecule is C/C(=C/C=C/C(C)C)c1nnnn1-c1ccccc1. The summed E-state index contributed by atoms with van der Waals surface area (Å²) in [6.45, 7) is 6.30. The first kappa shape index (κ1) is 13.2. The molecule has 98 valence electrons. The van der Waals surface area contributed by atoms with Crippen molar-refractivity contribution in [1.82, 2.24) is 20.2 Å². The highest BCUT2D eigenvalue weighted by atomic mass is 15.5. The molecule has 0 aliphatic rings. The first-order valence-corrected chi connectivity index (χ1v) is 6.37. The molecule has 0 spiro atoms. The van der Waals surface area contributed by atoms with Crippen LogP contribution in [0.25, 0.3) is 11.3 Å². The zero-order valence-corrected chi connectivity index (χ0v) is 11.5. The van der Waals surface area contributed by atoms with E-state index in [9.17, 15) is 0 Å². The van der Waals surface area contributed by atoms with E-state index in [0.29, 0.717) is 5.92 Å². The second-order valence-corrected chi connectivity index (χ2v) is 4.73. The van der Waals surface area contributed by atoms with Gasteiger partial charge in [0.15, 0.2) is 5.82 Å². The normalized spacial score (nSPS) is 12.5. The zero-order valence-electron chi connectivity index (χ0n) is 11.5. The third-order valence-corrected chi connectivity index (χ3v) is 2.67. The van der Waals surface area contributed by atoms with E-state index in [2.05, 4.69) is 35.4 Å². The number of aromatic nitrogens is 4. The Morgan fingerprint density at radius 1 is 1.21 bits per heavy atom. The number of benzene rings is 1. The van der Waals surface area contributed by atoms with Crippen LogP contribution >= 0.6 is 0 Å². The van der Waals surface area contributed by atoms with Crippen LogP contribution in [-0.2, 0) is 0 Å². The van der Waals surface area contributed by atoms with E-state index in [1.54, 1.807) is 4.68 Å². The van der Waals surface area contributed by atoms with Gasteiger partial charge in [0.05, 0.1) is 5.69 Å². The van der Waals surface area contributed by atoms with Crippen molar-refractivity contribution < 1.29 is 0 Å². The van der Waals surface area contributed by atoms with Gasteiger partial charge in [-0.3, -0.25) is 0 Å². The molecule has 0 saturated heterocycles. The summed E-state index contributed by atoms with van der Waals surface area (Å²) < 4.78 is 1.75. The number of allylic oxidation sites excluding steroid dienone is 4. The third-order valence-electron chi connectivity index (χ3n) is 2.67. The van der Waals surface area contributed by atoms with Gasteiger partial charge in [-0.2, -0.15) is 4.68 Å². The molecule has 0 saturated carbocycles. The molecule has 0 aliphatic heterocycles. The van der Waals surface area contributed by atoms with Crippen molar-refractivity contribution in [3.8, 4) is 5.69 Å². The van der Waals surface area contributed by atoms with Crippen LogP contribution in [0.1, 0.15) is 26.6 Å². The van der Waals surface area contributed by atoms with Crippen LogP contribution in [0, 0.1) is 5.92 Å². The van der Waals surface area contributed by atoms with Gasteiger partial charge in [-0.25, -0.2) is 0 Å². The fraction of sp³-hybridized carbons (Fsp3) is 0.267. The Balaban J connectivity index is 2.30.